The van der Waals surface area contributed by atoms with Crippen LogP contribution in [0.15, 0.2) is 0 Å². The van der Waals surface area contributed by atoms with Gasteiger partial charge >= 0.3 is 18.9 Å². The van der Waals surface area contributed by atoms with Crippen LogP contribution in [0, 0.1) is 0 Å². The molecule has 2 atom stereocenters. The van der Waals surface area contributed by atoms with Gasteiger partial charge in [0.15, 0.2) is 0 Å². The monoisotopic (exact) mass is 137 g/mol. The van der Waals surface area contributed by atoms with Gasteiger partial charge in [-0.25, -0.2) is 0 Å². The Balaban J connectivity index is 0. The van der Waals surface area contributed by atoms with Gasteiger partial charge in [-0.2, -0.15) is 0 Å². The molecule has 0 aromatic carbocycles. The summed E-state index contributed by atoms with van der Waals surface area (Å²) in [5.74, 6) is 0. The first-order valence-electron chi connectivity index (χ1n) is 3.96. The van der Waals surface area contributed by atoms with Crippen molar-refractivity contribution in [2.45, 2.75) is 52.6 Å². The predicted molar refractivity (Wildman–Crippen MR) is 49.8 cm³/mol. The fourth-order valence-corrected chi connectivity index (χ4v) is 0.721. The third-order valence-electron chi connectivity index (χ3n) is 1.79. The van der Waals surface area contributed by atoms with E-state index in [1.807, 2.05) is 0 Å². The summed E-state index contributed by atoms with van der Waals surface area (Å²) in [7, 11) is 0. The second-order valence-corrected chi connectivity index (χ2v) is 2.79. The molecule has 1 nitrogen and oxygen atoms in total. The van der Waals surface area contributed by atoms with Crippen LogP contribution in [0.4, 0.5) is 0 Å². The van der Waals surface area contributed by atoms with Crippen LogP contribution < -0.4 is 5.32 Å². The van der Waals surface area contributed by atoms with Gasteiger partial charge in [-0.3, -0.25) is 0 Å². The van der Waals surface area contributed by atoms with Crippen molar-refractivity contribution >= 4 is 18.9 Å². The Morgan fingerprint density at radius 3 is 1.50 bits per heavy atom. The molecule has 0 amide bonds. The van der Waals surface area contributed by atoms with Crippen molar-refractivity contribution < 1.29 is 0 Å². The van der Waals surface area contributed by atoms with Crippen LogP contribution in [-0.4, -0.2) is 30.9 Å². The summed E-state index contributed by atoms with van der Waals surface area (Å²) >= 11 is 0. The second kappa shape index (κ2) is 7.66. The molecule has 0 spiro atoms. The molecular weight excluding hydrogens is 117 g/mol. The van der Waals surface area contributed by atoms with Gasteiger partial charge in [-0.1, -0.05) is 13.8 Å². The van der Waals surface area contributed by atoms with Crippen LogP contribution in [0.1, 0.15) is 40.5 Å². The summed E-state index contributed by atoms with van der Waals surface area (Å²) in [6.45, 7) is 8.87. The Bertz CT molecular complexity index is 58.3. The molecule has 58 valence electrons. The molecule has 0 aliphatic heterocycles. The van der Waals surface area contributed by atoms with Gasteiger partial charge in [-0.05, 0) is 26.7 Å². The zero-order valence-corrected chi connectivity index (χ0v) is 7.07. The fourth-order valence-electron chi connectivity index (χ4n) is 0.721. The van der Waals surface area contributed by atoms with Crippen molar-refractivity contribution in [3.63, 3.8) is 0 Å². The topological polar surface area (TPSA) is 12.0 Å². The van der Waals surface area contributed by atoms with Crippen molar-refractivity contribution in [2.75, 3.05) is 0 Å². The molecule has 0 saturated carbocycles. The van der Waals surface area contributed by atoms with Gasteiger partial charge < -0.3 is 5.32 Å². The number of rotatable bonds is 4. The molecule has 10 heavy (non-hydrogen) atoms. The summed E-state index contributed by atoms with van der Waals surface area (Å²) in [5, 5.41) is 3.48. The van der Waals surface area contributed by atoms with E-state index in [4.69, 9.17) is 0 Å². The molecule has 0 rings (SSSR count). The molecule has 2 heteroatoms. The van der Waals surface area contributed by atoms with Crippen molar-refractivity contribution in [1.82, 2.24) is 5.32 Å². The van der Waals surface area contributed by atoms with Gasteiger partial charge in [0.05, 0.1) is 0 Å². The Labute approximate surface area is 77.1 Å². The molecule has 0 saturated heterocycles. The molecule has 0 aromatic rings. The fraction of sp³-hybridized carbons (Fsp3) is 1.00. The van der Waals surface area contributed by atoms with Crippen LogP contribution >= 0.6 is 0 Å². The summed E-state index contributed by atoms with van der Waals surface area (Å²) < 4.78 is 0. The third-order valence-corrected chi connectivity index (χ3v) is 1.79. The van der Waals surface area contributed by atoms with Crippen molar-refractivity contribution in [3.8, 4) is 0 Å². The number of hydrogen-bond donors (Lipinski definition) is 1. The zero-order valence-electron chi connectivity index (χ0n) is 7.07. The maximum atomic E-state index is 3.48. The van der Waals surface area contributed by atoms with Crippen LogP contribution in [0.2, 0.25) is 0 Å². The van der Waals surface area contributed by atoms with E-state index in [0.717, 1.165) is 0 Å². The van der Waals surface area contributed by atoms with E-state index in [0.29, 0.717) is 12.1 Å². The molecule has 2 unspecified atom stereocenters. The number of nitrogens with one attached hydrogen (secondary N) is 1. The van der Waals surface area contributed by atoms with Gasteiger partial charge in [0.25, 0.3) is 0 Å². The molecule has 0 aliphatic rings. The van der Waals surface area contributed by atoms with Gasteiger partial charge in [0, 0.05) is 12.1 Å². The Kier molecular flexibility index (Phi) is 10.1. The molecule has 0 bridgehead atoms. The maximum absolute atomic E-state index is 3.48. The van der Waals surface area contributed by atoms with Crippen LogP contribution in [-0.2, 0) is 0 Å². The van der Waals surface area contributed by atoms with Gasteiger partial charge in [-0.15, -0.1) is 0 Å². The van der Waals surface area contributed by atoms with E-state index in [2.05, 4.69) is 33.0 Å². The quantitative estimate of drug-likeness (QED) is 0.579. The van der Waals surface area contributed by atoms with E-state index in [9.17, 15) is 0 Å². The van der Waals surface area contributed by atoms with E-state index in [-0.39, 0.29) is 18.9 Å². The predicted octanol–water partition coefficient (Wildman–Crippen LogP) is 1.52. The van der Waals surface area contributed by atoms with Crippen LogP contribution in [0.5, 0.6) is 0 Å². The third kappa shape index (κ3) is 6.67. The van der Waals surface area contributed by atoms with Gasteiger partial charge in [0.1, 0.15) is 0 Å². The average Bonchev–Trinajstić information content (AvgIpc) is 1.87. The Morgan fingerprint density at radius 1 is 1.00 bits per heavy atom. The molecule has 0 aliphatic carbocycles. The summed E-state index contributed by atoms with van der Waals surface area (Å²) in [4.78, 5) is 0. The van der Waals surface area contributed by atoms with Crippen molar-refractivity contribution in [3.05, 3.63) is 0 Å². The summed E-state index contributed by atoms with van der Waals surface area (Å²) in [6.07, 6.45) is 2.45. The molecule has 0 aromatic heterocycles. The first-order valence-corrected chi connectivity index (χ1v) is 3.96. The van der Waals surface area contributed by atoms with Crippen LogP contribution in [0.25, 0.3) is 0 Å². The molecule has 0 radical (unpaired) electrons. The Morgan fingerprint density at radius 2 is 1.30 bits per heavy atom. The van der Waals surface area contributed by atoms with Gasteiger partial charge in [0.2, 0.25) is 0 Å². The first-order chi connectivity index (χ1) is 4.20. The van der Waals surface area contributed by atoms with E-state index < -0.39 is 0 Å². The van der Waals surface area contributed by atoms with Crippen molar-refractivity contribution in [1.29, 1.82) is 0 Å². The average molecular weight is 137 g/mol. The minimum atomic E-state index is 0. The summed E-state index contributed by atoms with van der Waals surface area (Å²) in [6, 6.07) is 1.36. The second-order valence-electron chi connectivity index (χ2n) is 2.79. The molecule has 1 N–H and O–H groups in total. The Hall–Kier alpha value is 0.557. The summed E-state index contributed by atoms with van der Waals surface area (Å²) in [5.41, 5.74) is 0. The van der Waals surface area contributed by atoms with E-state index >= 15 is 0 Å². The minimum absolute atomic E-state index is 0. The molecule has 0 fully saturated rings. The van der Waals surface area contributed by atoms with E-state index in [1.165, 1.54) is 12.8 Å². The van der Waals surface area contributed by atoms with E-state index in [1.54, 1.807) is 0 Å². The molecule has 0 heterocycles. The molecular formula is C8H20LiN. The number of hydrogen-bond acceptors (Lipinski definition) is 1. The standard InChI is InChI=1S/C8H19N.Li.H/c1-5-7(3)9-8(4)6-2;;/h7-9H,5-6H2,1-4H3;;. The van der Waals surface area contributed by atoms with Crippen LogP contribution in [0.3, 0.4) is 0 Å². The zero-order chi connectivity index (χ0) is 7.28. The van der Waals surface area contributed by atoms with Crippen molar-refractivity contribution in [2.24, 2.45) is 0 Å². The SMILES string of the molecule is CCC(C)NC(C)CC.[LiH]. The first kappa shape index (κ1) is 13.2. The normalized spacial score (nSPS) is 15.6.